The van der Waals surface area contributed by atoms with Gasteiger partial charge in [-0.05, 0) is 30.7 Å². The first-order valence-electron chi connectivity index (χ1n) is 3.63. The van der Waals surface area contributed by atoms with Crippen LogP contribution in [0.4, 0.5) is 13.2 Å². The van der Waals surface area contributed by atoms with Gasteiger partial charge in [-0.2, -0.15) is 8.78 Å². The molecule has 0 saturated carbocycles. The zero-order chi connectivity index (χ0) is 10.9. The van der Waals surface area contributed by atoms with Crippen LogP contribution in [0.25, 0.3) is 0 Å². The minimum absolute atomic E-state index is 0.282. The predicted molar refractivity (Wildman–Crippen MR) is 44.3 cm³/mol. The second-order valence-corrected chi connectivity index (χ2v) is 4.69. The quantitative estimate of drug-likeness (QED) is 0.771. The van der Waals surface area contributed by atoms with Crippen LogP contribution in [0.15, 0.2) is 23.1 Å². The van der Waals surface area contributed by atoms with Gasteiger partial charge in [0.25, 0.3) is 0 Å². The van der Waals surface area contributed by atoms with Gasteiger partial charge in [-0.3, -0.25) is 0 Å². The van der Waals surface area contributed by atoms with E-state index >= 15 is 0 Å². The molecule has 2 nitrogen and oxygen atoms in total. The highest BCUT2D eigenvalue weighted by atomic mass is 32.2. The van der Waals surface area contributed by atoms with Gasteiger partial charge in [-0.1, -0.05) is 0 Å². The number of hydrogen-bond donors (Lipinski definition) is 0. The molecule has 14 heavy (non-hydrogen) atoms. The first-order valence-corrected chi connectivity index (χ1v) is 5.18. The first kappa shape index (κ1) is 11.0. The Kier molecular flexibility index (Phi) is 2.84. The number of alkyl halides is 2. The molecule has 78 valence electrons. The lowest BCUT2D eigenvalue weighted by molar-refractivity contribution is 0.234. The van der Waals surface area contributed by atoms with Crippen LogP contribution in [0.1, 0.15) is 5.56 Å². The van der Waals surface area contributed by atoms with E-state index in [0.717, 1.165) is 12.1 Å². The standard InChI is InChI=1S/C8H7F3O2S/c1-5-2-6(9)4-7(3-5)14(12,13)8(10)11/h2-4,8H,1H3. The Morgan fingerprint density at radius 3 is 2.21 bits per heavy atom. The fourth-order valence-electron chi connectivity index (χ4n) is 0.970. The zero-order valence-electron chi connectivity index (χ0n) is 7.17. The van der Waals surface area contributed by atoms with Gasteiger partial charge in [0.05, 0.1) is 4.90 Å². The highest BCUT2D eigenvalue weighted by molar-refractivity contribution is 7.91. The number of aryl methyl sites for hydroxylation is 1. The van der Waals surface area contributed by atoms with Crippen LogP contribution >= 0.6 is 0 Å². The van der Waals surface area contributed by atoms with Gasteiger partial charge in [-0.25, -0.2) is 12.8 Å². The Hall–Kier alpha value is -1.04. The molecule has 1 aromatic rings. The molecule has 6 heteroatoms. The molecule has 0 spiro atoms. The maximum atomic E-state index is 12.7. The van der Waals surface area contributed by atoms with Crippen molar-refractivity contribution in [1.29, 1.82) is 0 Å². The molecule has 1 aromatic carbocycles. The summed E-state index contributed by atoms with van der Waals surface area (Å²) in [5.74, 6) is -4.37. The molecule has 0 fully saturated rings. The van der Waals surface area contributed by atoms with Gasteiger partial charge in [0.15, 0.2) is 0 Å². The summed E-state index contributed by atoms with van der Waals surface area (Å²) in [6.45, 7) is 1.42. The maximum absolute atomic E-state index is 12.7. The third kappa shape index (κ3) is 2.06. The summed E-state index contributed by atoms with van der Waals surface area (Å²) < 4.78 is 58.7. The van der Waals surface area contributed by atoms with E-state index in [0.29, 0.717) is 6.07 Å². The Balaban J connectivity index is 3.34. The lowest BCUT2D eigenvalue weighted by Gasteiger charge is -2.03. The van der Waals surface area contributed by atoms with Crippen LogP contribution in [-0.2, 0) is 9.84 Å². The van der Waals surface area contributed by atoms with Crippen LogP contribution < -0.4 is 0 Å². The summed E-state index contributed by atoms with van der Waals surface area (Å²) in [6.07, 6.45) is 0. The minimum Gasteiger partial charge on any atom is -0.218 e. The summed E-state index contributed by atoms with van der Waals surface area (Å²) in [6, 6.07) is 2.64. The second kappa shape index (κ2) is 3.61. The second-order valence-electron chi connectivity index (χ2n) is 2.77. The number of benzene rings is 1. The average molecular weight is 224 g/mol. The summed E-state index contributed by atoms with van der Waals surface area (Å²) in [4.78, 5) is -0.690. The fourth-order valence-corrected chi connectivity index (χ4v) is 1.80. The molecule has 0 aliphatic heterocycles. The summed E-state index contributed by atoms with van der Waals surface area (Å²) in [7, 11) is -4.70. The minimum atomic E-state index is -4.70. The van der Waals surface area contributed by atoms with Crippen LogP contribution in [0, 0.1) is 12.7 Å². The Labute approximate surface area is 79.3 Å². The van der Waals surface area contributed by atoms with E-state index in [4.69, 9.17) is 0 Å². The third-order valence-electron chi connectivity index (χ3n) is 1.58. The van der Waals surface area contributed by atoms with Crippen molar-refractivity contribution in [2.45, 2.75) is 17.6 Å². The van der Waals surface area contributed by atoms with Crippen molar-refractivity contribution in [3.05, 3.63) is 29.6 Å². The number of rotatable bonds is 2. The first-order chi connectivity index (χ1) is 6.34. The van der Waals surface area contributed by atoms with Crippen LogP contribution in [0.5, 0.6) is 0 Å². The lowest BCUT2D eigenvalue weighted by atomic mass is 10.2. The molecule has 0 amide bonds. The monoisotopic (exact) mass is 224 g/mol. The smallest absolute Gasteiger partial charge is 0.218 e. The lowest BCUT2D eigenvalue weighted by Crippen LogP contribution is -2.11. The largest absolute Gasteiger partial charge is 0.341 e. The van der Waals surface area contributed by atoms with E-state index < -0.39 is 26.3 Å². The van der Waals surface area contributed by atoms with E-state index in [1.807, 2.05) is 0 Å². The molecule has 0 N–H and O–H groups in total. The van der Waals surface area contributed by atoms with E-state index in [-0.39, 0.29) is 5.56 Å². The van der Waals surface area contributed by atoms with Crippen LogP contribution in [-0.4, -0.2) is 14.2 Å². The highest BCUT2D eigenvalue weighted by Crippen LogP contribution is 2.20. The van der Waals surface area contributed by atoms with Crippen molar-refractivity contribution in [2.24, 2.45) is 0 Å². The van der Waals surface area contributed by atoms with E-state index in [9.17, 15) is 21.6 Å². The third-order valence-corrected chi connectivity index (χ3v) is 2.94. The number of sulfone groups is 1. The van der Waals surface area contributed by atoms with Crippen molar-refractivity contribution in [3.63, 3.8) is 0 Å². The fraction of sp³-hybridized carbons (Fsp3) is 0.250. The number of hydrogen-bond acceptors (Lipinski definition) is 2. The van der Waals surface area contributed by atoms with Gasteiger partial charge < -0.3 is 0 Å². The molecule has 0 radical (unpaired) electrons. The van der Waals surface area contributed by atoms with Crippen molar-refractivity contribution in [1.82, 2.24) is 0 Å². The van der Waals surface area contributed by atoms with Gasteiger partial charge in [-0.15, -0.1) is 0 Å². The Morgan fingerprint density at radius 2 is 1.79 bits per heavy atom. The SMILES string of the molecule is Cc1cc(F)cc(S(=O)(=O)C(F)F)c1. The molecule has 0 heterocycles. The molecule has 0 bridgehead atoms. The van der Waals surface area contributed by atoms with E-state index in [1.54, 1.807) is 0 Å². The van der Waals surface area contributed by atoms with Gasteiger partial charge in [0, 0.05) is 0 Å². The van der Waals surface area contributed by atoms with Crippen molar-refractivity contribution in [2.75, 3.05) is 0 Å². The molecule has 0 aromatic heterocycles. The van der Waals surface area contributed by atoms with E-state index in [2.05, 4.69) is 0 Å². The number of halogens is 3. The molecule has 0 unspecified atom stereocenters. The van der Waals surface area contributed by atoms with Crippen LogP contribution in [0.3, 0.4) is 0 Å². The van der Waals surface area contributed by atoms with Crippen LogP contribution in [0.2, 0.25) is 0 Å². The van der Waals surface area contributed by atoms with Gasteiger partial charge in [0.2, 0.25) is 9.84 Å². The highest BCUT2D eigenvalue weighted by Gasteiger charge is 2.26. The molecular formula is C8H7F3O2S. The summed E-state index contributed by atoms with van der Waals surface area (Å²) in [5, 5.41) is 0. The van der Waals surface area contributed by atoms with E-state index in [1.165, 1.54) is 6.92 Å². The molecule has 0 aliphatic carbocycles. The molecule has 0 aliphatic rings. The topological polar surface area (TPSA) is 34.1 Å². The maximum Gasteiger partial charge on any atom is 0.341 e. The molecule has 0 atom stereocenters. The average Bonchev–Trinajstić information content (AvgIpc) is 2.01. The molecule has 0 saturated heterocycles. The van der Waals surface area contributed by atoms with Gasteiger partial charge in [0.1, 0.15) is 5.82 Å². The Bertz CT molecular complexity index is 420. The Morgan fingerprint density at radius 1 is 1.21 bits per heavy atom. The zero-order valence-corrected chi connectivity index (χ0v) is 7.98. The normalized spacial score (nSPS) is 12.1. The molecular weight excluding hydrogens is 217 g/mol. The van der Waals surface area contributed by atoms with Gasteiger partial charge >= 0.3 is 5.76 Å². The predicted octanol–water partition coefficient (Wildman–Crippen LogP) is 2.13. The van der Waals surface area contributed by atoms with Crippen molar-refractivity contribution in [3.8, 4) is 0 Å². The summed E-state index contributed by atoms with van der Waals surface area (Å²) >= 11 is 0. The molecule has 1 rings (SSSR count). The van der Waals surface area contributed by atoms with Crippen molar-refractivity contribution < 1.29 is 21.6 Å². The summed E-state index contributed by atoms with van der Waals surface area (Å²) in [5.41, 5.74) is 0.282. The van der Waals surface area contributed by atoms with Crippen molar-refractivity contribution >= 4 is 9.84 Å².